The zero-order chi connectivity index (χ0) is 37.2. The molecule has 3 aromatic rings. The maximum atomic E-state index is 14.6. The lowest BCUT2D eigenvalue weighted by molar-refractivity contribution is -0.146. The Bertz CT molecular complexity index is 1840. The number of aromatic nitrogens is 1. The van der Waals surface area contributed by atoms with Gasteiger partial charge in [-0.05, 0) is 36.8 Å². The largest absolute Gasteiger partial charge is 0.497 e. The number of benzene rings is 2. The third-order valence-electron chi connectivity index (χ3n) is 10.5. The van der Waals surface area contributed by atoms with E-state index in [2.05, 4.69) is 22.5 Å². The topological polar surface area (TPSA) is 159 Å². The highest BCUT2D eigenvalue weighted by atomic mass is 16.5. The van der Waals surface area contributed by atoms with Gasteiger partial charge in [0.1, 0.15) is 35.2 Å². The number of hydrogen-bond donors (Lipinski definition) is 4. The van der Waals surface area contributed by atoms with E-state index in [1.54, 1.807) is 7.11 Å². The first-order valence-electron chi connectivity index (χ1n) is 18.1. The summed E-state index contributed by atoms with van der Waals surface area (Å²) >= 11 is 0. The monoisotopic (exact) mass is 711 g/mol. The van der Waals surface area contributed by atoms with E-state index in [4.69, 9.17) is 14.5 Å². The Balaban J connectivity index is 1.31. The summed E-state index contributed by atoms with van der Waals surface area (Å²) < 4.78 is 12.1. The Morgan fingerprint density at radius 3 is 2.42 bits per heavy atom. The van der Waals surface area contributed by atoms with Gasteiger partial charge in [0, 0.05) is 41.5 Å². The highest BCUT2D eigenvalue weighted by Gasteiger charge is 2.61. The molecule has 4 amide bonds. The number of carboxylic acids is 1. The lowest BCUT2D eigenvalue weighted by Gasteiger charge is -2.36. The number of likely N-dealkylation sites (tertiary alicyclic amines) is 1. The van der Waals surface area contributed by atoms with Gasteiger partial charge in [-0.1, -0.05) is 76.4 Å². The quantitative estimate of drug-likeness (QED) is 0.191. The molecule has 2 aromatic carbocycles. The lowest BCUT2D eigenvalue weighted by atomic mass is 9.85. The van der Waals surface area contributed by atoms with Crippen molar-refractivity contribution in [2.45, 2.75) is 95.5 Å². The second-order valence-electron chi connectivity index (χ2n) is 15.3. The van der Waals surface area contributed by atoms with Gasteiger partial charge in [0.15, 0.2) is 0 Å². The number of carboxylic acid groups (broad SMARTS) is 1. The molecule has 2 heterocycles. The summed E-state index contributed by atoms with van der Waals surface area (Å²) in [7, 11) is 1.58. The van der Waals surface area contributed by atoms with Crippen LogP contribution in [0.15, 0.2) is 67.3 Å². The fourth-order valence-corrected chi connectivity index (χ4v) is 7.45. The smallest absolute Gasteiger partial charge is 0.330 e. The fourth-order valence-electron chi connectivity index (χ4n) is 7.45. The number of carbonyl (C=O) groups excluding carboxylic acids is 3. The number of amides is 4. The number of rotatable bonds is 11. The highest BCUT2D eigenvalue weighted by molar-refractivity contribution is 5.96. The van der Waals surface area contributed by atoms with E-state index in [9.17, 15) is 24.3 Å². The van der Waals surface area contributed by atoms with Crippen molar-refractivity contribution >= 4 is 34.7 Å². The van der Waals surface area contributed by atoms with Crippen molar-refractivity contribution in [1.29, 1.82) is 0 Å². The number of nitrogens with zero attached hydrogens (tertiary/aromatic N) is 2. The zero-order valence-electron chi connectivity index (χ0n) is 30.3. The average molecular weight is 712 g/mol. The Labute approximate surface area is 304 Å². The maximum Gasteiger partial charge on any atom is 0.330 e. The molecule has 1 aliphatic heterocycles. The molecule has 2 aliphatic carbocycles. The summed E-state index contributed by atoms with van der Waals surface area (Å²) in [4.78, 5) is 60.6. The molecule has 1 aromatic heterocycles. The Morgan fingerprint density at radius 1 is 1.06 bits per heavy atom. The van der Waals surface area contributed by atoms with Crippen LogP contribution in [0.2, 0.25) is 0 Å². The molecule has 1 saturated heterocycles. The molecule has 0 bridgehead atoms. The van der Waals surface area contributed by atoms with E-state index in [0.29, 0.717) is 22.7 Å². The fraction of sp³-hybridized carbons (Fsp3) is 0.475. The van der Waals surface area contributed by atoms with E-state index in [1.807, 2.05) is 75.4 Å². The Morgan fingerprint density at radius 2 is 1.79 bits per heavy atom. The standard InChI is InChI=1S/C40H49N5O7/c1-6-25-22-40(25,37(48)49)44-35(46)32-20-28(23-45(32)36(47)34(39(2,3)4)43-38(50)41-26-15-11-8-12-16-26)52-33-21-30(24-13-9-7-10-14-24)42-31-19-27(51-5)17-18-29(31)33/h6-7,9-10,13-14,17-19,21,25-26,28,32,34H,1,8,11-12,15-16,20,22-23H2,2-5H3,(H,44,46)(H,48,49)(H2,41,43,50)/t25-,28+,32-,34+,40?/m0/s1. The highest BCUT2D eigenvalue weighted by Crippen LogP contribution is 2.45. The lowest BCUT2D eigenvalue weighted by Crippen LogP contribution is -2.60. The number of urea groups is 1. The summed E-state index contributed by atoms with van der Waals surface area (Å²) in [5.41, 5.74) is -0.0181. The van der Waals surface area contributed by atoms with Crippen molar-refractivity contribution in [3.63, 3.8) is 0 Å². The molecule has 6 rings (SSSR count). The first-order valence-corrected chi connectivity index (χ1v) is 18.1. The predicted molar refractivity (Wildman–Crippen MR) is 197 cm³/mol. The van der Waals surface area contributed by atoms with Crippen LogP contribution >= 0.6 is 0 Å². The molecule has 3 aliphatic rings. The average Bonchev–Trinajstić information content (AvgIpc) is 3.69. The first-order chi connectivity index (χ1) is 24.8. The molecular weight excluding hydrogens is 662 g/mol. The number of hydrogen-bond acceptors (Lipinski definition) is 7. The van der Waals surface area contributed by atoms with Crippen LogP contribution in [-0.2, 0) is 14.4 Å². The van der Waals surface area contributed by atoms with Gasteiger partial charge in [0.05, 0.1) is 24.9 Å². The Kier molecular flexibility index (Phi) is 10.5. The number of aliphatic carboxylic acids is 1. The van der Waals surface area contributed by atoms with Crippen molar-refractivity contribution in [1.82, 2.24) is 25.8 Å². The van der Waals surface area contributed by atoms with Crippen molar-refractivity contribution < 1.29 is 33.8 Å². The van der Waals surface area contributed by atoms with E-state index < -0.39 is 58.9 Å². The third kappa shape index (κ3) is 7.70. The molecule has 0 radical (unpaired) electrons. The van der Waals surface area contributed by atoms with Crippen LogP contribution < -0.4 is 25.4 Å². The third-order valence-corrected chi connectivity index (χ3v) is 10.5. The van der Waals surface area contributed by atoms with Gasteiger partial charge >= 0.3 is 12.0 Å². The zero-order valence-corrected chi connectivity index (χ0v) is 30.3. The molecule has 1 unspecified atom stereocenters. The number of nitrogens with one attached hydrogen (secondary N) is 3. The second kappa shape index (κ2) is 14.8. The minimum absolute atomic E-state index is 0.0288. The number of fused-ring (bicyclic) bond motifs is 1. The van der Waals surface area contributed by atoms with Crippen LogP contribution in [0.4, 0.5) is 4.79 Å². The van der Waals surface area contributed by atoms with E-state index >= 15 is 0 Å². The van der Waals surface area contributed by atoms with Gasteiger partial charge in [0.25, 0.3) is 0 Å². The second-order valence-corrected chi connectivity index (χ2v) is 15.3. The van der Waals surface area contributed by atoms with Gasteiger partial charge in [-0.25, -0.2) is 14.6 Å². The van der Waals surface area contributed by atoms with Gasteiger partial charge in [-0.15, -0.1) is 6.58 Å². The van der Waals surface area contributed by atoms with E-state index in [1.165, 1.54) is 11.0 Å². The van der Waals surface area contributed by atoms with Crippen molar-refractivity contribution in [2.24, 2.45) is 11.3 Å². The molecule has 5 atom stereocenters. The van der Waals surface area contributed by atoms with Crippen LogP contribution in [0.5, 0.6) is 11.5 Å². The number of methoxy groups -OCH3 is 1. The molecule has 0 spiro atoms. The van der Waals surface area contributed by atoms with Crippen molar-refractivity contribution in [3.8, 4) is 22.8 Å². The van der Waals surface area contributed by atoms with E-state index in [-0.39, 0.29) is 25.4 Å². The molecule has 2 saturated carbocycles. The molecule has 52 heavy (non-hydrogen) atoms. The van der Waals surface area contributed by atoms with Crippen LogP contribution in [0.3, 0.4) is 0 Å². The summed E-state index contributed by atoms with van der Waals surface area (Å²) in [6.45, 7) is 9.33. The molecule has 12 nitrogen and oxygen atoms in total. The molecular formula is C40H49N5O7. The number of carbonyl (C=O) groups is 4. The van der Waals surface area contributed by atoms with E-state index in [0.717, 1.165) is 43.1 Å². The summed E-state index contributed by atoms with van der Waals surface area (Å²) in [6.07, 6.45) is 6.16. The van der Waals surface area contributed by atoms with Crippen LogP contribution in [-0.4, -0.2) is 82.2 Å². The number of pyridine rings is 1. The van der Waals surface area contributed by atoms with Gasteiger partial charge in [-0.2, -0.15) is 0 Å². The van der Waals surface area contributed by atoms with Gasteiger partial charge in [-0.3, -0.25) is 9.59 Å². The van der Waals surface area contributed by atoms with Crippen molar-refractivity contribution in [2.75, 3.05) is 13.7 Å². The van der Waals surface area contributed by atoms with Crippen molar-refractivity contribution in [3.05, 3.63) is 67.3 Å². The summed E-state index contributed by atoms with van der Waals surface area (Å²) in [5, 5.41) is 19.5. The van der Waals surface area contributed by atoms with Crippen LogP contribution in [0.25, 0.3) is 22.2 Å². The molecule has 12 heteroatoms. The maximum absolute atomic E-state index is 14.6. The normalized spacial score (nSPS) is 23.7. The number of ether oxygens (including phenoxy) is 2. The summed E-state index contributed by atoms with van der Waals surface area (Å²) in [6, 6.07) is 14.6. The molecule has 4 N–H and O–H groups in total. The van der Waals surface area contributed by atoms with Gasteiger partial charge in [0.2, 0.25) is 11.8 Å². The Hall–Kier alpha value is -5.13. The molecule has 276 valence electrons. The summed E-state index contributed by atoms with van der Waals surface area (Å²) in [5.74, 6) is -1.50. The minimum atomic E-state index is -1.49. The SMILES string of the molecule is C=C[C@H]1CC1(NC(=O)[C@@H]1C[C@@H](Oc2cc(-c3ccccc3)nc3cc(OC)ccc23)CN1C(=O)[C@@H](NC(=O)NC1CCCCC1)C(C)(C)C)C(=O)O. The van der Waals surface area contributed by atoms with Crippen LogP contribution in [0, 0.1) is 11.3 Å². The minimum Gasteiger partial charge on any atom is -0.497 e. The predicted octanol–water partition coefficient (Wildman–Crippen LogP) is 5.45. The first kappa shape index (κ1) is 36.7. The molecule has 3 fully saturated rings. The van der Waals surface area contributed by atoms with Gasteiger partial charge < -0.3 is 35.4 Å². The van der Waals surface area contributed by atoms with Crippen LogP contribution in [0.1, 0.15) is 65.7 Å².